The molecule has 0 bridgehead atoms. The first-order valence-corrected chi connectivity index (χ1v) is 5.70. The Balaban J connectivity index is 2.73. The molecule has 0 aliphatic carbocycles. The van der Waals surface area contributed by atoms with Crippen molar-refractivity contribution in [1.29, 1.82) is 0 Å². The second-order valence-corrected chi connectivity index (χ2v) is 4.10. The predicted molar refractivity (Wildman–Crippen MR) is 70.6 cm³/mol. The van der Waals surface area contributed by atoms with Crippen LogP contribution in [0.3, 0.4) is 0 Å². The monoisotopic (exact) mass is 277 g/mol. The summed E-state index contributed by atoms with van der Waals surface area (Å²) in [5.74, 6) is 0.756. The summed E-state index contributed by atoms with van der Waals surface area (Å²) >= 11 is 0. The fourth-order valence-electron chi connectivity index (χ4n) is 2.10. The maximum atomic E-state index is 13.5. The van der Waals surface area contributed by atoms with E-state index in [2.05, 4.69) is 4.74 Å². The zero-order valence-electron chi connectivity index (χ0n) is 11.2. The number of halogens is 1. The summed E-state index contributed by atoms with van der Waals surface area (Å²) in [5.41, 5.74) is 0.932. The fraction of sp³-hybridized carbons (Fsp3) is 0.214. The Morgan fingerprint density at radius 2 is 2.05 bits per heavy atom. The quantitative estimate of drug-likeness (QED) is 0.606. The number of ether oxygens (including phenoxy) is 2. The lowest BCUT2D eigenvalue weighted by atomic mass is 9.98. The normalized spacial score (nSPS) is 13.3. The smallest absolute Gasteiger partial charge is 0.354 e. The van der Waals surface area contributed by atoms with E-state index in [0.29, 0.717) is 11.3 Å². The molecule has 1 aliphatic rings. The van der Waals surface area contributed by atoms with Crippen LogP contribution in [0.25, 0.3) is 5.57 Å². The highest BCUT2D eigenvalue weighted by molar-refractivity contribution is 6.07. The molecule has 1 aromatic carbocycles. The van der Waals surface area contributed by atoms with Gasteiger partial charge in [0, 0.05) is 18.7 Å². The summed E-state index contributed by atoms with van der Waals surface area (Å²) in [7, 11) is 4.21. The van der Waals surface area contributed by atoms with Crippen LogP contribution < -0.4 is 9.64 Å². The van der Waals surface area contributed by atoms with Crippen molar-refractivity contribution in [3.05, 3.63) is 35.3 Å². The van der Waals surface area contributed by atoms with Gasteiger partial charge in [-0.25, -0.2) is 14.0 Å². The number of hydrogen-bond acceptors (Lipinski definition) is 5. The van der Waals surface area contributed by atoms with Gasteiger partial charge < -0.3 is 14.4 Å². The molecule has 0 unspecified atom stereocenters. The van der Waals surface area contributed by atoms with Gasteiger partial charge in [-0.15, -0.1) is 0 Å². The van der Waals surface area contributed by atoms with Crippen molar-refractivity contribution in [2.75, 3.05) is 26.2 Å². The molecule has 104 valence electrons. The lowest BCUT2D eigenvalue weighted by molar-refractivity contribution is -0.136. The van der Waals surface area contributed by atoms with Crippen LogP contribution in [0.2, 0.25) is 0 Å². The van der Waals surface area contributed by atoms with Gasteiger partial charge in [-0.3, -0.25) is 0 Å². The van der Waals surface area contributed by atoms with Crippen LogP contribution in [-0.2, 0) is 14.3 Å². The van der Waals surface area contributed by atoms with Crippen LogP contribution in [0.4, 0.5) is 10.1 Å². The summed E-state index contributed by atoms with van der Waals surface area (Å²) in [4.78, 5) is 24.3. The minimum absolute atomic E-state index is 0.0660. The average Bonchev–Trinajstić information content (AvgIpc) is 2.45. The Hall–Kier alpha value is -2.59. The molecule has 0 saturated heterocycles. The number of carbonyl (C=O) groups is 1. The maximum absolute atomic E-state index is 13.5. The third-order valence-electron chi connectivity index (χ3n) is 3.03. The van der Waals surface area contributed by atoms with Crippen LogP contribution in [0.15, 0.2) is 23.9 Å². The molecule has 0 amide bonds. The van der Waals surface area contributed by atoms with Gasteiger partial charge in [-0.2, -0.15) is 0 Å². The van der Waals surface area contributed by atoms with Crippen LogP contribution >= 0.6 is 0 Å². The highest BCUT2D eigenvalue weighted by atomic mass is 19.1. The SMILES string of the molecule is COC(=O)C1=CC(=C=O)c2cc(F)cc(OC)c2N1C. The Morgan fingerprint density at radius 1 is 1.35 bits per heavy atom. The number of carbonyl (C=O) groups excluding carboxylic acids is 2. The third kappa shape index (κ3) is 2.06. The van der Waals surface area contributed by atoms with E-state index >= 15 is 0 Å². The molecule has 20 heavy (non-hydrogen) atoms. The third-order valence-corrected chi connectivity index (χ3v) is 3.03. The van der Waals surface area contributed by atoms with E-state index in [4.69, 9.17) is 4.74 Å². The number of fused-ring (bicyclic) bond motifs is 1. The van der Waals surface area contributed by atoms with Crippen molar-refractivity contribution in [1.82, 2.24) is 0 Å². The molecule has 0 spiro atoms. The molecule has 5 nitrogen and oxygen atoms in total. The maximum Gasteiger partial charge on any atom is 0.354 e. The summed E-state index contributed by atoms with van der Waals surface area (Å²) in [6.07, 6.45) is 1.31. The van der Waals surface area contributed by atoms with E-state index in [9.17, 15) is 14.0 Å². The van der Waals surface area contributed by atoms with Gasteiger partial charge in [0.15, 0.2) is 0 Å². The van der Waals surface area contributed by atoms with Gasteiger partial charge in [0.1, 0.15) is 23.2 Å². The fourth-order valence-corrected chi connectivity index (χ4v) is 2.10. The first kappa shape index (κ1) is 13.8. The van der Waals surface area contributed by atoms with Gasteiger partial charge in [0.05, 0.1) is 25.5 Å². The lowest BCUT2D eigenvalue weighted by Crippen LogP contribution is -2.28. The van der Waals surface area contributed by atoms with Crippen molar-refractivity contribution >= 4 is 23.2 Å². The zero-order valence-corrected chi connectivity index (χ0v) is 11.2. The number of nitrogens with zero attached hydrogens (tertiary/aromatic N) is 1. The molecule has 0 atom stereocenters. The molecule has 2 rings (SSSR count). The molecule has 0 radical (unpaired) electrons. The lowest BCUT2D eigenvalue weighted by Gasteiger charge is -2.29. The first-order chi connectivity index (χ1) is 9.53. The van der Waals surface area contributed by atoms with Crippen LogP contribution in [0, 0.1) is 5.82 Å². The topological polar surface area (TPSA) is 55.8 Å². The van der Waals surface area contributed by atoms with E-state index < -0.39 is 11.8 Å². The Bertz CT molecular complexity index is 659. The number of rotatable bonds is 2. The summed E-state index contributed by atoms with van der Waals surface area (Å²) < 4.78 is 23.3. The molecule has 0 N–H and O–H groups in total. The van der Waals surface area contributed by atoms with Crippen molar-refractivity contribution in [2.45, 2.75) is 0 Å². The van der Waals surface area contributed by atoms with Crippen molar-refractivity contribution < 1.29 is 23.5 Å². The number of anilines is 1. The molecular formula is C14H12FNO4. The van der Waals surface area contributed by atoms with E-state index in [1.54, 1.807) is 13.0 Å². The van der Waals surface area contributed by atoms with Crippen molar-refractivity contribution in [2.24, 2.45) is 0 Å². The number of likely N-dealkylation sites (N-methyl/N-ethyl adjacent to an activating group) is 1. The molecule has 6 heteroatoms. The molecule has 1 heterocycles. The largest absolute Gasteiger partial charge is 0.494 e. The number of esters is 1. The van der Waals surface area contributed by atoms with Gasteiger partial charge in [0.25, 0.3) is 0 Å². The second kappa shape index (κ2) is 5.19. The minimum Gasteiger partial charge on any atom is -0.494 e. The van der Waals surface area contributed by atoms with Gasteiger partial charge in [0.2, 0.25) is 0 Å². The van der Waals surface area contributed by atoms with Crippen molar-refractivity contribution in [3.8, 4) is 5.75 Å². The van der Waals surface area contributed by atoms with Gasteiger partial charge in [-0.1, -0.05) is 0 Å². The first-order valence-electron chi connectivity index (χ1n) is 5.70. The molecule has 1 aromatic rings. The molecule has 0 fully saturated rings. The Labute approximate surface area is 114 Å². The highest BCUT2D eigenvalue weighted by Crippen LogP contribution is 2.41. The minimum atomic E-state index is -0.614. The van der Waals surface area contributed by atoms with E-state index in [0.717, 1.165) is 0 Å². The van der Waals surface area contributed by atoms with E-state index in [-0.39, 0.29) is 17.0 Å². The van der Waals surface area contributed by atoms with E-state index in [1.807, 2.05) is 0 Å². The van der Waals surface area contributed by atoms with Gasteiger partial charge >= 0.3 is 5.97 Å². The van der Waals surface area contributed by atoms with Gasteiger partial charge in [-0.05, 0) is 12.1 Å². The standard InChI is InChI=1S/C14H12FNO4/c1-16-11(14(18)20-3)4-8(7-17)10-5-9(15)6-12(19-2)13(10)16/h4-6H,1-3H3. The van der Waals surface area contributed by atoms with Crippen LogP contribution in [-0.4, -0.2) is 33.2 Å². The predicted octanol–water partition coefficient (Wildman–Crippen LogP) is 1.56. The summed E-state index contributed by atoms with van der Waals surface area (Å²) in [5, 5.41) is 0. The highest BCUT2D eigenvalue weighted by Gasteiger charge is 2.29. The van der Waals surface area contributed by atoms with Crippen molar-refractivity contribution in [3.63, 3.8) is 0 Å². The summed E-state index contributed by atoms with van der Waals surface area (Å²) in [6, 6.07) is 2.37. The van der Waals surface area contributed by atoms with Crippen LogP contribution in [0.5, 0.6) is 5.75 Å². The van der Waals surface area contributed by atoms with E-state index in [1.165, 1.54) is 37.3 Å². The second-order valence-electron chi connectivity index (χ2n) is 4.10. The average molecular weight is 277 g/mol. The van der Waals surface area contributed by atoms with Crippen LogP contribution in [0.1, 0.15) is 5.56 Å². The zero-order chi connectivity index (χ0) is 14.9. The number of allylic oxidation sites excluding steroid dienone is 2. The molecule has 0 aromatic heterocycles. The molecule has 0 saturated carbocycles. The number of benzene rings is 1. The molecule has 1 aliphatic heterocycles. The number of hydrogen-bond donors (Lipinski definition) is 0. The Kier molecular flexibility index (Phi) is 3.59. The summed E-state index contributed by atoms with van der Waals surface area (Å²) in [6.45, 7) is 0. The number of methoxy groups -OCH3 is 2. The molecular weight excluding hydrogens is 265 g/mol. The Morgan fingerprint density at radius 3 is 2.60 bits per heavy atom.